The number of benzene rings is 2. The van der Waals surface area contributed by atoms with Crippen molar-refractivity contribution < 1.29 is 19.1 Å². The van der Waals surface area contributed by atoms with E-state index in [2.05, 4.69) is 0 Å². The number of carbonyl (C=O) groups excluding carboxylic acids is 2. The lowest BCUT2D eigenvalue weighted by Gasteiger charge is -2.37. The molecule has 0 radical (unpaired) electrons. The molecule has 2 aromatic rings. The minimum atomic E-state index is -0.781. The fourth-order valence-corrected chi connectivity index (χ4v) is 3.42. The molecule has 0 spiro atoms. The highest BCUT2D eigenvalue weighted by Crippen LogP contribution is 2.34. The molecule has 4 rings (SSSR count). The van der Waals surface area contributed by atoms with Gasteiger partial charge in [0.05, 0.1) is 37.1 Å². The number of hydrogen-bond donors (Lipinski definition) is 0. The van der Waals surface area contributed by atoms with Gasteiger partial charge >= 0.3 is 0 Å². The molecule has 0 saturated carbocycles. The Hall–Kier alpha value is -3.37. The lowest BCUT2D eigenvalue weighted by Crippen LogP contribution is -2.54. The van der Waals surface area contributed by atoms with E-state index in [9.17, 15) is 9.59 Å². The quantitative estimate of drug-likeness (QED) is 0.797. The van der Waals surface area contributed by atoms with Crippen molar-refractivity contribution in [2.45, 2.75) is 6.10 Å². The Balaban J connectivity index is 1.64. The van der Waals surface area contributed by atoms with Crippen LogP contribution in [0.2, 0.25) is 0 Å². The molecule has 7 heteroatoms. The van der Waals surface area contributed by atoms with E-state index in [0.717, 1.165) is 0 Å². The van der Waals surface area contributed by atoms with Gasteiger partial charge in [0.25, 0.3) is 11.8 Å². The summed E-state index contributed by atoms with van der Waals surface area (Å²) < 4.78 is 11.2. The molecular weight excluding hydrogens is 358 g/mol. The fourth-order valence-electron chi connectivity index (χ4n) is 3.42. The molecule has 2 aromatic carbocycles. The van der Waals surface area contributed by atoms with E-state index in [1.807, 2.05) is 12.1 Å². The van der Waals surface area contributed by atoms with Crippen molar-refractivity contribution in [3.8, 4) is 11.8 Å². The number of morpholine rings is 1. The van der Waals surface area contributed by atoms with Crippen LogP contribution in [0.1, 0.15) is 15.9 Å². The maximum atomic E-state index is 13.2. The van der Waals surface area contributed by atoms with Crippen LogP contribution in [0.5, 0.6) is 5.75 Å². The third kappa shape index (κ3) is 3.42. The first-order chi connectivity index (χ1) is 13.7. The van der Waals surface area contributed by atoms with Gasteiger partial charge in [0.1, 0.15) is 5.75 Å². The van der Waals surface area contributed by atoms with Crippen molar-refractivity contribution >= 4 is 17.5 Å². The van der Waals surface area contributed by atoms with Crippen LogP contribution < -0.4 is 9.64 Å². The number of carbonyl (C=O) groups is 2. The van der Waals surface area contributed by atoms with Gasteiger partial charge in [0.2, 0.25) is 0 Å². The van der Waals surface area contributed by atoms with Gasteiger partial charge in [-0.3, -0.25) is 9.59 Å². The van der Waals surface area contributed by atoms with E-state index in [4.69, 9.17) is 14.7 Å². The second-order valence-corrected chi connectivity index (χ2v) is 6.62. The zero-order valence-electron chi connectivity index (χ0n) is 15.2. The molecule has 0 N–H and O–H groups in total. The van der Waals surface area contributed by atoms with E-state index in [0.29, 0.717) is 48.9 Å². The number of anilines is 1. The number of nitriles is 1. The van der Waals surface area contributed by atoms with E-state index in [-0.39, 0.29) is 18.4 Å². The molecule has 2 aliphatic rings. The predicted molar refractivity (Wildman–Crippen MR) is 101 cm³/mol. The van der Waals surface area contributed by atoms with Crippen molar-refractivity contribution in [3.05, 3.63) is 59.7 Å². The summed E-state index contributed by atoms with van der Waals surface area (Å²) in [5, 5.41) is 9.12. The van der Waals surface area contributed by atoms with Gasteiger partial charge in [-0.25, -0.2) is 0 Å². The number of nitrogens with zero attached hydrogens (tertiary/aromatic N) is 3. The minimum Gasteiger partial charge on any atom is -0.476 e. The molecule has 0 aromatic heterocycles. The third-order valence-electron chi connectivity index (χ3n) is 4.86. The Kier molecular flexibility index (Phi) is 4.96. The van der Waals surface area contributed by atoms with Gasteiger partial charge in [-0.1, -0.05) is 18.2 Å². The SMILES string of the molecule is N#Cc1cccc(C(=O)N2CC(C(=O)N3CCOCC3)Oc3ccccc32)c1. The highest BCUT2D eigenvalue weighted by molar-refractivity contribution is 6.08. The Labute approximate surface area is 162 Å². The Bertz CT molecular complexity index is 947. The molecule has 28 heavy (non-hydrogen) atoms. The summed E-state index contributed by atoms with van der Waals surface area (Å²) in [7, 11) is 0. The summed E-state index contributed by atoms with van der Waals surface area (Å²) >= 11 is 0. The first-order valence-corrected chi connectivity index (χ1v) is 9.11. The van der Waals surface area contributed by atoms with E-state index >= 15 is 0 Å². The summed E-state index contributed by atoms with van der Waals surface area (Å²) in [4.78, 5) is 29.4. The second kappa shape index (κ2) is 7.71. The molecule has 1 unspecified atom stereocenters. The standard InChI is InChI=1S/C21H19N3O4/c22-13-15-4-3-5-16(12-15)20(25)24-14-19(21(26)23-8-10-27-11-9-23)28-18-7-2-1-6-17(18)24/h1-7,12,19H,8-11,14H2. The molecule has 7 nitrogen and oxygen atoms in total. The van der Waals surface area contributed by atoms with E-state index < -0.39 is 6.10 Å². The maximum Gasteiger partial charge on any atom is 0.265 e. The summed E-state index contributed by atoms with van der Waals surface area (Å²) in [6.07, 6.45) is -0.781. The molecular formula is C21H19N3O4. The molecule has 1 atom stereocenters. The van der Waals surface area contributed by atoms with Crippen molar-refractivity contribution in [1.82, 2.24) is 4.90 Å². The van der Waals surface area contributed by atoms with Gasteiger partial charge in [-0.15, -0.1) is 0 Å². The molecule has 0 bridgehead atoms. The van der Waals surface area contributed by atoms with Crippen LogP contribution in [-0.2, 0) is 9.53 Å². The third-order valence-corrected chi connectivity index (χ3v) is 4.86. The van der Waals surface area contributed by atoms with Gasteiger partial charge in [0.15, 0.2) is 6.10 Å². The first kappa shape index (κ1) is 18.0. The van der Waals surface area contributed by atoms with Gasteiger partial charge in [-0.2, -0.15) is 5.26 Å². The number of hydrogen-bond acceptors (Lipinski definition) is 5. The number of rotatable bonds is 2. The summed E-state index contributed by atoms with van der Waals surface area (Å²) in [6.45, 7) is 2.14. The zero-order valence-corrected chi connectivity index (χ0v) is 15.2. The van der Waals surface area contributed by atoms with Crippen LogP contribution in [-0.4, -0.2) is 55.7 Å². The van der Waals surface area contributed by atoms with Crippen molar-refractivity contribution in [2.24, 2.45) is 0 Å². The van der Waals surface area contributed by atoms with E-state index in [1.165, 1.54) is 0 Å². The smallest absolute Gasteiger partial charge is 0.265 e. The molecule has 2 aliphatic heterocycles. The molecule has 142 valence electrons. The van der Waals surface area contributed by atoms with Gasteiger partial charge in [0, 0.05) is 18.7 Å². The summed E-state index contributed by atoms with van der Waals surface area (Å²) in [5.74, 6) is 0.0687. The highest BCUT2D eigenvalue weighted by atomic mass is 16.5. The number of amides is 2. The van der Waals surface area contributed by atoms with Crippen molar-refractivity contribution in [3.63, 3.8) is 0 Å². The van der Waals surface area contributed by atoms with Crippen molar-refractivity contribution in [2.75, 3.05) is 37.7 Å². The van der Waals surface area contributed by atoms with E-state index in [1.54, 1.807) is 52.3 Å². The van der Waals surface area contributed by atoms with Crippen LogP contribution in [0.3, 0.4) is 0 Å². The lowest BCUT2D eigenvalue weighted by molar-refractivity contribution is -0.142. The van der Waals surface area contributed by atoms with Crippen LogP contribution in [0.4, 0.5) is 5.69 Å². The lowest BCUT2D eigenvalue weighted by atomic mass is 10.1. The number of para-hydroxylation sites is 2. The average molecular weight is 377 g/mol. The molecule has 1 fully saturated rings. The largest absolute Gasteiger partial charge is 0.476 e. The zero-order chi connectivity index (χ0) is 19.5. The Morgan fingerprint density at radius 2 is 1.86 bits per heavy atom. The van der Waals surface area contributed by atoms with Crippen LogP contribution in [0, 0.1) is 11.3 Å². The normalized spacial score (nSPS) is 18.6. The summed E-state index contributed by atoms with van der Waals surface area (Å²) in [6, 6.07) is 15.8. The molecule has 2 amide bonds. The van der Waals surface area contributed by atoms with Crippen molar-refractivity contribution in [1.29, 1.82) is 5.26 Å². The predicted octanol–water partition coefficient (Wildman–Crippen LogP) is 1.82. The number of ether oxygens (including phenoxy) is 2. The second-order valence-electron chi connectivity index (χ2n) is 6.62. The molecule has 0 aliphatic carbocycles. The topological polar surface area (TPSA) is 82.9 Å². The molecule has 2 heterocycles. The van der Waals surface area contributed by atoms with Gasteiger partial charge < -0.3 is 19.3 Å². The monoisotopic (exact) mass is 377 g/mol. The molecule has 1 saturated heterocycles. The van der Waals surface area contributed by atoms with Crippen LogP contribution >= 0.6 is 0 Å². The van der Waals surface area contributed by atoms with Crippen LogP contribution in [0.15, 0.2) is 48.5 Å². The Morgan fingerprint density at radius 1 is 1.07 bits per heavy atom. The fraction of sp³-hybridized carbons (Fsp3) is 0.286. The highest BCUT2D eigenvalue weighted by Gasteiger charge is 2.36. The van der Waals surface area contributed by atoms with Gasteiger partial charge in [-0.05, 0) is 30.3 Å². The Morgan fingerprint density at radius 3 is 2.64 bits per heavy atom. The first-order valence-electron chi connectivity index (χ1n) is 9.11. The number of fused-ring (bicyclic) bond motifs is 1. The summed E-state index contributed by atoms with van der Waals surface area (Å²) in [5.41, 5.74) is 1.42. The van der Waals surface area contributed by atoms with Crippen LogP contribution in [0.25, 0.3) is 0 Å². The maximum absolute atomic E-state index is 13.2. The average Bonchev–Trinajstić information content (AvgIpc) is 2.78. The minimum absolute atomic E-state index is 0.114.